The summed E-state index contributed by atoms with van der Waals surface area (Å²) in [6.07, 6.45) is 0. The molecule has 0 spiro atoms. The summed E-state index contributed by atoms with van der Waals surface area (Å²) in [6, 6.07) is 11.9. The summed E-state index contributed by atoms with van der Waals surface area (Å²) in [5.41, 5.74) is 8.84. The van der Waals surface area contributed by atoms with Crippen LogP contribution in [0.5, 0.6) is 11.5 Å². The zero-order valence-corrected chi connectivity index (χ0v) is 14.7. The molecule has 0 saturated heterocycles. The van der Waals surface area contributed by atoms with Crippen LogP contribution in [0.1, 0.15) is 36.5 Å². The third-order valence-electron chi connectivity index (χ3n) is 3.22. The van der Waals surface area contributed by atoms with E-state index in [0.717, 1.165) is 21.5 Å². The van der Waals surface area contributed by atoms with E-state index in [1.807, 2.05) is 18.2 Å². The minimum atomic E-state index is 0.367. The molecule has 2 nitrogen and oxygen atoms in total. The fourth-order valence-electron chi connectivity index (χ4n) is 2.09. The Balaban J connectivity index is 2.36. The second-order valence-electron chi connectivity index (χ2n) is 5.30. The molecule has 2 aromatic rings. The van der Waals surface area contributed by atoms with Gasteiger partial charge in [-0.1, -0.05) is 38.2 Å². The maximum Gasteiger partial charge on any atom is 0.131 e. The van der Waals surface area contributed by atoms with E-state index in [1.54, 1.807) is 0 Å². The van der Waals surface area contributed by atoms with Crippen molar-refractivity contribution in [3.63, 3.8) is 0 Å². The fraction of sp³-hybridized carbons (Fsp3) is 0.235. The highest BCUT2D eigenvalue weighted by Gasteiger charge is 2.10. The average Bonchev–Trinajstić information content (AvgIpc) is 2.37. The van der Waals surface area contributed by atoms with Crippen LogP contribution in [0.2, 0.25) is 0 Å². The maximum absolute atomic E-state index is 6.05. The van der Waals surface area contributed by atoms with Crippen molar-refractivity contribution in [2.45, 2.75) is 26.7 Å². The van der Waals surface area contributed by atoms with Crippen LogP contribution < -0.4 is 10.5 Å². The van der Waals surface area contributed by atoms with Gasteiger partial charge in [-0.05, 0) is 64.2 Å². The summed E-state index contributed by atoms with van der Waals surface area (Å²) in [6.45, 7) is 6.37. The van der Waals surface area contributed by atoms with Gasteiger partial charge in [0, 0.05) is 10.0 Å². The predicted molar refractivity (Wildman–Crippen MR) is 95.4 cm³/mol. The predicted octanol–water partition coefficient (Wildman–Crippen LogP) is 5.31. The Morgan fingerprint density at radius 2 is 1.90 bits per heavy atom. The Hall–Kier alpha value is -1.39. The number of thiocarbonyl (C=S) groups is 1. The van der Waals surface area contributed by atoms with Gasteiger partial charge in [-0.15, -0.1) is 0 Å². The van der Waals surface area contributed by atoms with Crippen LogP contribution in [0.4, 0.5) is 0 Å². The van der Waals surface area contributed by atoms with Crippen molar-refractivity contribution in [1.82, 2.24) is 0 Å². The molecular formula is C17H18BrNOS. The van der Waals surface area contributed by atoms with Crippen LogP contribution in [0, 0.1) is 6.92 Å². The topological polar surface area (TPSA) is 35.2 Å². The number of nitrogens with two attached hydrogens (primary N) is 1. The van der Waals surface area contributed by atoms with E-state index in [0.29, 0.717) is 10.9 Å². The third-order valence-corrected chi connectivity index (χ3v) is 4.10. The van der Waals surface area contributed by atoms with Gasteiger partial charge >= 0.3 is 0 Å². The second-order valence-corrected chi connectivity index (χ2v) is 6.60. The molecule has 0 aromatic heterocycles. The minimum Gasteiger partial charge on any atom is -0.457 e. The van der Waals surface area contributed by atoms with E-state index in [2.05, 4.69) is 54.9 Å². The van der Waals surface area contributed by atoms with E-state index >= 15 is 0 Å². The molecule has 0 saturated carbocycles. The van der Waals surface area contributed by atoms with Gasteiger partial charge in [0.1, 0.15) is 16.5 Å². The normalized spacial score (nSPS) is 10.7. The number of hydrogen-bond acceptors (Lipinski definition) is 2. The Morgan fingerprint density at radius 1 is 1.19 bits per heavy atom. The van der Waals surface area contributed by atoms with Crippen molar-refractivity contribution in [2.75, 3.05) is 0 Å². The zero-order valence-electron chi connectivity index (χ0n) is 12.3. The zero-order chi connectivity index (χ0) is 15.6. The SMILES string of the molecule is Cc1ccc(C(C)C)c(Oc2ccc(C(N)=S)c(Br)c2)c1. The lowest BCUT2D eigenvalue weighted by atomic mass is 10.0. The Kier molecular flexibility index (Phi) is 5.01. The standard InChI is InChI=1S/C17H18BrNOS/c1-10(2)13-6-4-11(3)8-16(13)20-12-5-7-14(17(19)21)15(18)9-12/h4-10H,1-3H3,(H2,19,21). The molecule has 0 amide bonds. The summed E-state index contributed by atoms with van der Waals surface area (Å²) in [5, 5.41) is 0. The summed E-state index contributed by atoms with van der Waals surface area (Å²) in [4.78, 5) is 0.367. The first-order chi connectivity index (χ1) is 9.88. The molecule has 0 heterocycles. The van der Waals surface area contributed by atoms with E-state index < -0.39 is 0 Å². The number of hydrogen-bond donors (Lipinski definition) is 1. The van der Waals surface area contributed by atoms with Crippen LogP contribution in [-0.2, 0) is 0 Å². The van der Waals surface area contributed by atoms with Crippen LogP contribution in [0.3, 0.4) is 0 Å². The van der Waals surface area contributed by atoms with Crippen LogP contribution >= 0.6 is 28.1 Å². The first-order valence-corrected chi connectivity index (χ1v) is 7.96. The molecule has 0 fully saturated rings. The van der Waals surface area contributed by atoms with Crippen molar-refractivity contribution in [2.24, 2.45) is 5.73 Å². The number of ether oxygens (including phenoxy) is 1. The van der Waals surface area contributed by atoms with Crippen molar-refractivity contribution < 1.29 is 4.74 Å². The smallest absolute Gasteiger partial charge is 0.131 e. The molecule has 2 rings (SSSR count). The van der Waals surface area contributed by atoms with Gasteiger partial charge < -0.3 is 10.5 Å². The van der Waals surface area contributed by atoms with Crippen molar-refractivity contribution in [3.05, 3.63) is 57.6 Å². The highest BCUT2D eigenvalue weighted by molar-refractivity contribution is 9.10. The number of rotatable bonds is 4. The van der Waals surface area contributed by atoms with Crippen molar-refractivity contribution >= 4 is 33.1 Å². The van der Waals surface area contributed by atoms with Gasteiger partial charge in [-0.3, -0.25) is 0 Å². The highest BCUT2D eigenvalue weighted by Crippen LogP contribution is 2.33. The van der Waals surface area contributed by atoms with Gasteiger partial charge in [-0.2, -0.15) is 0 Å². The largest absolute Gasteiger partial charge is 0.457 e. The second kappa shape index (κ2) is 6.58. The van der Waals surface area contributed by atoms with Gasteiger partial charge in [0.15, 0.2) is 0 Å². The fourth-order valence-corrected chi connectivity index (χ4v) is 2.97. The molecule has 21 heavy (non-hydrogen) atoms. The van der Waals surface area contributed by atoms with E-state index in [4.69, 9.17) is 22.7 Å². The lowest BCUT2D eigenvalue weighted by Crippen LogP contribution is -2.09. The Bertz CT molecular complexity index is 682. The molecule has 0 aliphatic rings. The Labute approximate surface area is 139 Å². The van der Waals surface area contributed by atoms with Crippen molar-refractivity contribution in [3.8, 4) is 11.5 Å². The third kappa shape index (κ3) is 3.83. The summed E-state index contributed by atoms with van der Waals surface area (Å²) >= 11 is 8.48. The molecule has 0 bridgehead atoms. The van der Waals surface area contributed by atoms with E-state index in [9.17, 15) is 0 Å². The van der Waals surface area contributed by atoms with Gasteiger partial charge in [0.2, 0.25) is 0 Å². The monoisotopic (exact) mass is 363 g/mol. The van der Waals surface area contributed by atoms with Crippen LogP contribution in [0.15, 0.2) is 40.9 Å². The molecule has 110 valence electrons. The lowest BCUT2D eigenvalue weighted by molar-refractivity contribution is 0.472. The van der Waals surface area contributed by atoms with Gasteiger partial charge in [0.05, 0.1) is 0 Å². The lowest BCUT2D eigenvalue weighted by Gasteiger charge is -2.15. The summed E-state index contributed by atoms with van der Waals surface area (Å²) in [7, 11) is 0. The molecule has 4 heteroatoms. The quantitative estimate of drug-likeness (QED) is 0.747. The number of halogens is 1. The summed E-state index contributed by atoms with van der Waals surface area (Å²) in [5.74, 6) is 2.05. The van der Waals surface area contributed by atoms with Gasteiger partial charge in [0.25, 0.3) is 0 Å². The van der Waals surface area contributed by atoms with Crippen LogP contribution in [-0.4, -0.2) is 4.99 Å². The number of benzene rings is 2. The molecule has 0 atom stereocenters. The molecular weight excluding hydrogens is 346 g/mol. The summed E-state index contributed by atoms with van der Waals surface area (Å²) < 4.78 is 6.89. The molecule has 2 aromatic carbocycles. The van der Waals surface area contributed by atoms with E-state index in [1.165, 1.54) is 11.1 Å². The molecule has 0 aliphatic heterocycles. The Morgan fingerprint density at radius 3 is 2.48 bits per heavy atom. The van der Waals surface area contributed by atoms with Crippen LogP contribution in [0.25, 0.3) is 0 Å². The first kappa shape index (κ1) is 16.0. The maximum atomic E-state index is 6.05. The molecule has 2 N–H and O–H groups in total. The molecule has 0 radical (unpaired) electrons. The average molecular weight is 364 g/mol. The highest BCUT2D eigenvalue weighted by atomic mass is 79.9. The number of aryl methyl sites for hydroxylation is 1. The van der Waals surface area contributed by atoms with Gasteiger partial charge in [-0.25, -0.2) is 0 Å². The molecule has 0 unspecified atom stereocenters. The molecule has 0 aliphatic carbocycles. The first-order valence-electron chi connectivity index (χ1n) is 6.76. The van der Waals surface area contributed by atoms with E-state index in [-0.39, 0.29) is 0 Å². The minimum absolute atomic E-state index is 0.367. The van der Waals surface area contributed by atoms with Crippen molar-refractivity contribution in [1.29, 1.82) is 0 Å².